The van der Waals surface area contributed by atoms with Gasteiger partial charge in [0.25, 0.3) is 0 Å². The van der Waals surface area contributed by atoms with Gasteiger partial charge in [0.1, 0.15) is 0 Å². The summed E-state index contributed by atoms with van der Waals surface area (Å²) < 4.78 is 4.80. The predicted octanol–water partition coefficient (Wildman–Crippen LogP) is -1.50. The standard InChI is InChI=1S/C13H26N4O4/c1-21-8-5-15-13(20)16-12(19)10-17(6-7-18)9-11-3-2-4-14-11/h11,14,18H,2-10H2,1H3,(H2,15,16,19,20). The van der Waals surface area contributed by atoms with Crippen molar-refractivity contribution in [1.29, 1.82) is 0 Å². The molecule has 3 amide bonds. The first kappa shape index (κ1) is 17.8. The summed E-state index contributed by atoms with van der Waals surface area (Å²) in [6.07, 6.45) is 2.20. The molecule has 1 aliphatic rings. The second kappa shape index (κ2) is 10.5. The van der Waals surface area contributed by atoms with Gasteiger partial charge in [-0.3, -0.25) is 15.0 Å². The molecule has 0 aromatic heterocycles. The van der Waals surface area contributed by atoms with Crippen LogP contribution in [0.2, 0.25) is 0 Å². The Balaban J connectivity index is 2.28. The highest BCUT2D eigenvalue weighted by Gasteiger charge is 2.20. The topological polar surface area (TPSA) is 103 Å². The molecule has 0 radical (unpaired) electrons. The van der Waals surface area contributed by atoms with Crippen LogP contribution in [0.1, 0.15) is 12.8 Å². The Hall–Kier alpha value is -1.22. The van der Waals surface area contributed by atoms with Crippen molar-refractivity contribution in [3.05, 3.63) is 0 Å². The number of imide groups is 1. The molecule has 0 spiro atoms. The van der Waals surface area contributed by atoms with Crippen molar-refractivity contribution in [1.82, 2.24) is 20.9 Å². The molecule has 1 heterocycles. The summed E-state index contributed by atoms with van der Waals surface area (Å²) in [6.45, 7) is 2.92. The molecule has 0 bridgehead atoms. The number of carbonyl (C=O) groups excluding carboxylic acids is 2. The number of rotatable bonds is 9. The van der Waals surface area contributed by atoms with Crippen LogP contribution in [0.25, 0.3) is 0 Å². The minimum atomic E-state index is -0.528. The Labute approximate surface area is 125 Å². The number of urea groups is 1. The molecule has 1 aliphatic heterocycles. The molecule has 1 saturated heterocycles. The third kappa shape index (κ3) is 7.96. The molecule has 1 atom stereocenters. The Bertz CT molecular complexity index is 321. The maximum atomic E-state index is 11.8. The van der Waals surface area contributed by atoms with Crippen molar-refractivity contribution in [3.63, 3.8) is 0 Å². The van der Waals surface area contributed by atoms with Crippen molar-refractivity contribution in [2.75, 3.05) is 53.0 Å². The summed E-state index contributed by atoms with van der Waals surface area (Å²) >= 11 is 0. The zero-order valence-corrected chi connectivity index (χ0v) is 12.6. The molecule has 0 saturated carbocycles. The average molecular weight is 302 g/mol. The highest BCUT2D eigenvalue weighted by atomic mass is 16.5. The van der Waals surface area contributed by atoms with Crippen LogP contribution in [0.5, 0.6) is 0 Å². The number of carbonyl (C=O) groups is 2. The van der Waals surface area contributed by atoms with E-state index in [1.54, 1.807) is 0 Å². The minimum Gasteiger partial charge on any atom is -0.395 e. The molecule has 0 aliphatic carbocycles. The van der Waals surface area contributed by atoms with Crippen molar-refractivity contribution >= 4 is 11.9 Å². The lowest BCUT2D eigenvalue weighted by atomic mass is 10.2. The summed E-state index contributed by atoms with van der Waals surface area (Å²) in [5, 5.41) is 17.2. The fourth-order valence-electron chi connectivity index (χ4n) is 2.28. The first-order valence-electron chi connectivity index (χ1n) is 7.29. The van der Waals surface area contributed by atoms with Gasteiger partial charge in [0, 0.05) is 32.8 Å². The van der Waals surface area contributed by atoms with E-state index in [-0.39, 0.29) is 19.1 Å². The second-order valence-electron chi connectivity index (χ2n) is 5.05. The third-order valence-corrected chi connectivity index (χ3v) is 3.27. The van der Waals surface area contributed by atoms with Gasteiger partial charge in [-0.15, -0.1) is 0 Å². The van der Waals surface area contributed by atoms with Gasteiger partial charge in [0.15, 0.2) is 0 Å². The molecule has 0 aromatic carbocycles. The van der Waals surface area contributed by atoms with Crippen molar-refractivity contribution in [3.8, 4) is 0 Å². The van der Waals surface area contributed by atoms with Crippen molar-refractivity contribution in [2.45, 2.75) is 18.9 Å². The predicted molar refractivity (Wildman–Crippen MR) is 78.0 cm³/mol. The number of ether oxygens (including phenoxy) is 1. The molecule has 1 rings (SSSR count). The quantitative estimate of drug-likeness (QED) is 0.387. The number of nitrogens with zero attached hydrogens (tertiary/aromatic N) is 1. The summed E-state index contributed by atoms with van der Waals surface area (Å²) in [4.78, 5) is 25.1. The van der Waals surface area contributed by atoms with E-state index < -0.39 is 6.03 Å². The Kier molecular flexibility index (Phi) is 8.91. The van der Waals surface area contributed by atoms with Crippen LogP contribution in [-0.4, -0.2) is 81.0 Å². The average Bonchev–Trinajstić information content (AvgIpc) is 2.92. The number of nitrogens with one attached hydrogen (secondary N) is 3. The first-order valence-corrected chi connectivity index (χ1v) is 7.29. The van der Waals surface area contributed by atoms with Gasteiger partial charge in [-0.2, -0.15) is 0 Å². The number of hydrogen-bond acceptors (Lipinski definition) is 6. The molecule has 1 unspecified atom stereocenters. The van der Waals surface area contributed by atoms with Crippen molar-refractivity contribution < 1.29 is 19.4 Å². The van der Waals surface area contributed by atoms with Gasteiger partial charge in [0.05, 0.1) is 19.8 Å². The molecule has 122 valence electrons. The van der Waals surface area contributed by atoms with Crippen LogP contribution < -0.4 is 16.0 Å². The lowest BCUT2D eigenvalue weighted by Crippen LogP contribution is -2.48. The van der Waals surface area contributed by atoms with Gasteiger partial charge >= 0.3 is 6.03 Å². The van der Waals surface area contributed by atoms with E-state index >= 15 is 0 Å². The lowest BCUT2D eigenvalue weighted by Gasteiger charge is -2.24. The lowest BCUT2D eigenvalue weighted by molar-refractivity contribution is -0.121. The maximum absolute atomic E-state index is 11.8. The zero-order chi connectivity index (χ0) is 15.5. The molecule has 8 nitrogen and oxygen atoms in total. The van der Waals surface area contributed by atoms with Gasteiger partial charge in [-0.25, -0.2) is 4.79 Å². The largest absolute Gasteiger partial charge is 0.395 e. The third-order valence-electron chi connectivity index (χ3n) is 3.27. The molecular weight excluding hydrogens is 276 g/mol. The Morgan fingerprint density at radius 2 is 2.29 bits per heavy atom. The monoisotopic (exact) mass is 302 g/mol. The smallest absolute Gasteiger partial charge is 0.321 e. The number of methoxy groups -OCH3 is 1. The minimum absolute atomic E-state index is 0.0139. The molecule has 1 fully saturated rings. The molecule has 8 heteroatoms. The second-order valence-corrected chi connectivity index (χ2v) is 5.05. The Morgan fingerprint density at radius 1 is 1.48 bits per heavy atom. The van der Waals surface area contributed by atoms with Crippen LogP contribution in [-0.2, 0) is 9.53 Å². The highest BCUT2D eigenvalue weighted by molar-refractivity contribution is 5.95. The highest BCUT2D eigenvalue weighted by Crippen LogP contribution is 2.06. The van der Waals surface area contributed by atoms with E-state index in [1.165, 1.54) is 7.11 Å². The number of amides is 3. The molecular formula is C13H26N4O4. The van der Waals surface area contributed by atoms with Crippen LogP contribution in [0, 0.1) is 0 Å². The number of aliphatic hydroxyl groups is 1. The van der Waals surface area contributed by atoms with Crippen LogP contribution >= 0.6 is 0 Å². The maximum Gasteiger partial charge on any atom is 0.321 e. The van der Waals surface area contributed by atoms with Gasteiger partial charge in [-0.1, -0.05) is 0 Å². The summed E-state index contributed by atoms with van der Waals surface area (Å²) in [5.74, 6) is -0.378. The first-order chi connectivity index (χ1) is 10.2. The van der Waals surface area contributed by atoms with E-state index in [0.29, 0.717) is 32.3 Å². The number of aliphatic hydroxyl groups excluding tert-OH is 1. The van der Waals surface area contributed by atoms with Crippen LogP contribution in [0.3, 0.4) is 0 Å². The van der Waals surface area contributed by atoms with E-state index in [9.17, 15) is 9.59 Å². The summed E-state index contributed by atoms with van der Waals surface area (Å²) in [5.41, 5.74) is 0. The van der Waals surface area contributed by atoms with E-state index in [2.05, 4.69) is 16.0 Å². The SMILES string of the molecule is COCCNC(=O)NC(=O)CN(CCO)CC1CCCN1. The summed E-state index contributed by atoms with van der Waals surface area (Å²) in [6, 6.07) is -0.181. The van der Waals surface area contributed by atoms with Gasteiger partial charge in [-0.05, 0) is 19.4 Å². The molecule has 0 aromatic rings. The van der Waals surface area contributed by atoms with Crippen molar-refractivity contribution in [2.24, 2.45) is 0 Å². The molecule has 4 N–H and O–H groups in total. The zero-order valence-electron chi connectivity index (χ0n) is 12.6. The summed E-state index contributed by atoms with van der Waals surface area (Å²) in [7, 11) is 1.54. The van der Waals surface area contributed by atoms with E-state index in [1.807, 2.05) is 4.90 Å². The van der Waals surface area contributed by atoms with E-state index in [0.717, 1.165) is 19.4 Å². The molecule has 21 heavy (non-hydrogen) atoms. The van der Waals surface area contributed by atoms with E-state index in [4.69, 9.17) is 9.84 Å². The normalized spacial score (nSPS) is 18.0. The van der Waals surface area contributed by atoms with Crippen LogP contribution in [0.4, 0.5) is 4.79 Å². The van der Waals surface area contributed by atoms with Crippen LogP contribution in [0.15, 0.2) is 0 Å². The fourth-order valence-corrected chi connectivity index (χ4v) is 2.28. The Morgan fingerprint density at radius 3 is 2.90 bits per heavy atom. The van der Waals surface area contributed by atoms with Gasteiger partial charge < -0.3 is 20.5 Å². The van der Waals surface area contributed by atoms with Gasteiger partial charge in [0.2, 0.25) is 5.91 Å². The fraction of sp³-hybridized carbons (Fsp3) is 0.846. The number of hydrogen-bond donors (Lipinski definition) is 4.